The van der Waals surface area contributed by atoms with Crippen LogP contribution < -0.4 is 21.7 Å². The lowest BCUT2D eigenvalue weighted by Gasteiger charge is -2.30. The lowest BCUT2D eigenvalue weighted by atomic mass is 9.85. The molecule has 0 spiro atoms. The highest BCUT2D eigenvalue weighted by Crippen LogP contribution is 2.48. The molecule has 2 aliphatic heterocycles. The standard InChI is InChI=1S/C33H40F3N5O6S/c34-23-5-1-21(2-6-23)30(22-3-7-24(35)8-4-22)31(37)32(42)41-29-16-38-15-28(36)27(29)10-9-26-14-39-25(17-46-26)18-47-33(43)40-13-20-11-12-48(44,45)19-20/h1-8,15-16,20,25-26,30-31,39,44-45H,9-14,17-19,37H2,(H,40,43)(H,41,42)/t20?,25-,26+,31-/m0/s1. The summed E-state index contributed by atoms with van der Waals surface area (Å²) >= 11 is 0. The number of carbonyl (C=O) groups excluding carboxylic acids is 2. The van der Waals surface area contributed by atoms with Crippen LogP contribution in [0.15, 0.2) is 60.9 Å². The van der Waals surface area contributed by atoms with Crippen molar-refractivity contribution in [1.29, 1.82) is 0 Å². The average Bonchev–Trinajstić information content (AvgIpc) is 3.43. The number of rotatable bonds is 12. The molecular formula is C33H40F3N5O6S. The van der Waals surface area contributed by atoms with Crippen molar-refractivity contribution in [1.82, 2.24) is 15.6 Å². The Kier molecular flexibility index (Phi) is 11.9. The molecule has 0 saturated carbocycles. The molecule has 0 radical (unpaired) electrons. The minimum absolute atomic E-state index is 0.00927. The van der Waals surface area contributed by atoms with Gasteiger partial charge in [-0.1, -0.05) is 24.3 Å². The molecule has 2 amide bonds. The van der Waals surface area contributed by atoms with Gasteiger partial charge >= 0.3 is 6.09 Å². The van der Waals surface area contributed by atoms with E-state index in [1.807, 2.05) is 0 Å². The summed E-state index contributed by atoms with van der Waals surface area (Å²) in [6.45, 7) is 1.07. The van der Waals surface area contributed by atoms with Crippen LogP contribution in [0.4, 0.5) is 23.7 Å². The fourth-order valence-corrected chi connectivity index (χ4v) is 7.84. The largest absolute Gasteiger partial charge is 0.448 e. The predicted octanol–water partition coefficient (Wildman–Crippen LogP) is 4.38. The number of nitrogens with two attached hydrogens (primary N) is 1. The van der Waals surface area contributed by atoms with E-state index < -0.39 is 52.0 Å². The van der Waals surface area contributed by atoms with Gasteiger partial charge in [-0.25, -0.2) is 18.0 Å². The molecule has 7 N–H and O–H groups in total. The Balaban J connectivity index is 1.12. The van der Waals surface area contributed by atoms with Crippen LogP contribution >= 0.6 is 10.6 Å². The predicted molar refractivity (Wildman–Crippen MR) is 175 cm³/mol. The van der Waals surface area contributed by atoms with Crippen LogP contribution in [0.2, 0.25) is 0 Å². The summed E-state index contributed by atoms with van der Waals surface area (Å²) in [5, 5.41) is 8.62. The third kappa shape index (κ3) is 9.67. The average molecular weight is 692 g/mol. The quantitative estimate of drug-likeness (QED) is 0.162. The van der Waals surface area contributed by atoms with E-state index in [4.69, 9.17) is 15.2 Å². The molecule has 5 rings (SSSR count). The fourth-order valence-electron chi connectivity index (χ4n) is 5.92. The van der Waals surface area contributed by atoms with Crippen LogP contribution in [0.5, 0.6) is 0 Å². The van der Waals surface area contributed by atoms with Crippen molar-refractivity contribution >= 4 is 28.3 Å². The van der Waals surface area contributed by atoms with E-state index in [1.54, 1.807) is 0 Å². The Morgan fingerprint density at radius 2 is 1.73 bits per heavy atom. The molecule has 0 aliphatic carbocycles. The first kappa shape index (κ1) is 35.6. The van der Waals surface area contributed by atoms with Gasteiger partial charge in [0.15, 0.2) is 0 Å². The molecule has 0 bridgehead atoms. The number of amides is 2. The van der Waals surface area contributed by atoms with Crippen LogP contribution in [0, 0.1) is 23.4 Å². The van der Waals surface area contributed by atoms with Crippen LogP contribution in [-0.2, 0) is 20.7 Å². The number of hydrogen-bond acceptors (Lipinski definition) is 9. The summed E-state index contributed by atoms with van der Waals surface area (Å²) in [5.41, 5.74) is 7.90. The summed E-state index contributed by atoms with van der Waals surface area (Å²) in [6.07, 6.45) is 2.78. The lowest BCUT2D eigenvalue weighted by Crippen LogP contribution is -2.49. The van der Waals surface area contributed by atoms with Crippen LogP contribution in [0.1, 0.15) is 35.4 Å². The van der Waals surface area contributed by atoms with Crippen molar-refractivity contribution in [2.45, 2.75) is 43.4 Å². The minimum Gasteiger partial charge on any atom is -0.448 e. The topological polar surface area (TPSA) is 168 Å². The summed E-state index contributed by atoms with van der Waals surface area (Å²) in [4.78, 5) is 29.4. The molecule has 3 aromatic rings. The van der Waals surface area contributed by atoms with Gasteiger partial charge in [0.25, 0.3) is 0 Å². The molecule has 1 unspecified atom stereocenters. The first-order valence-electron chi connectivity index (χ1n) is 15.7. The first-order chi connectivity index (χ1) is 23.0. The Hall–Kier alpha value is -3.73. The molecular weight excluding hydrogens is 651 g/mol. The maximum absolute atomic E-state index is 15.0. The van der Waals surface area contributed by atoms with Gasteiger partial charge in [0.1, 0.15) is 24.1 Å². The molecule has 2 aromatic carbocycles. The van der Waals surface area contributed by atoms with Gasteiger partial charge in [-0.3, -0.25) is 18.9 Å². The smallest absolute Gasteiger partial charge is 0.407 e. The fraction of sp³-hybridized carbons (Fsp3) is 0.424. The number of anilines is 1. The van der Waals surface area contributed by atoms with Crippen molar-refractivity contribution in [3.8, 4) is 0 Å². The summed E-state index contributed by atoms with van der Waals surface area (Å²) in [7, 11) is -2.52. The number of benzene rings is 2. The molecule has 48 heavy (non-hydrogen) atoms. The number of nitrogens with one attached hydrogen (secondary N) is 3. The highest BCUT2D eigenvalue weighted by atomic mass is 32.3. The van der Waals surface area contributed by atoms with Gasteiger partial charge < -0.3 is 31.2 Å². The van der Waals surface area contributed by atoms with Crippen molar-refractivity contribution in [2.75, 3.05) is 43.1 Å². The number of morpholine rings is 1. The number of nitrogens with zero attached hydrogens (tertiary/aromatic N) is 1. The highest BCUT2D eigenvalue weighted by Gasteiger charge is 2.30. The van der Waals surface area contributed by atoms with Crippen molar-refractivity contribution in [3.05, 3.63) is 95.1 Å². The van der Waals surface area contributed by atoms with Crippen molar-refractivity contribution in [2.24, 2.45) is 11.7 Å². The third-order valence-electron chi connectivity index (χ3n) is 8.57. The van der Waals surface area contributed by atoms with E-state index in [9.17, 15) is 27.5 Å². The van der Waals surface area contributed by atoms with E-state index in [-0.39, 0.29) is 54.7 Å². The van der Waals surface area contributed by atoms with Crippen molar-refractivity contribution in [3.63, 3.8) is 0 Å². The van der Waals surface area contributed by atoms with Gasteiger partial charge in [-0.05, 0) is 60.6 Å². The number of pyridine rings is 1. The second-order valence-corrected chi connectivity index (χ2v) is 14.5. The monoisotopic (exact) mass is 691 g/mol. The number of hydrogen-bond donors (Lipinski definition) is 6. The second kappa shape index (κ2) is 16.1. The van der Waals surface area contributed by atoms with E-state index in [2.05, 4.69) is 20.9 Å². The normalized spacial score (nSPS) is 21.8. The Bertz CT molecular complexity index is 1500. The first-order valence-corrected chi connectivity index (χ1v) is 17.5. The summed E-state index contributed by atoms with van der Waals surface area (Å²) < 4.78 is 73.0. The van der Waals surface area contributed by atoms with Gasteiger partial charge in [-0.15, -0.1) is 0 Å². The zero-order valence-electron chi connectivity index (χ0n) is 26.1. The molecule has 1 aromatic heterocycles. The van der Waals surface area contributed by atoms with E-state index in [0.29, 0.717) is 42.8 Å². The zero-order chi connectivity index (χ0) is 34.3. The zero-order valence-corrected chi connectivity index (χ0v) is 26.9. The second-order valence-electron chi connectivity index (χ2n) is 12.1. The maximum atomic E-state index is 15.0. The molecule has 2 fully saturated rings. The van der Waals surface area contributed by atoms with Crippen LogP contribution in [-0.4, -0.2) is 82.1 Å². The highest BCUT2D eigenvalue weighted by molar-refractivity contribution is 8.24. The third-order valence-corrected chi connectivity index (χ3v) is 10.5. The maximum Gasteiger partial charge on any atom is 0.407 e. The molecule has 260 valence electrons. The Morgan fingerprint density at radius 1 is 1.06 bits per heavy atom. The number of halogens is 3. The Morgan fingerprint density at radius 3 is 2.31 bits per heavy atom. The lowest BCUT2D eigenvalue weighted by molar-refractivity contribution is -0.117. The number of alkyl carbamates (subject to hydrolysis) is 1. The number of carbonyl (C=O) groups is 2. The summed E-state index contributed by atoms with van der Waals surface area (Å²) in [6, 6.07) is 9.58. The Labute approximate surface area is 278 Å². The molecule has 15 heteroatoms. The number of ether oxygens (including phenoxy) is 2. The van der Waals surface area contributed by atoms with Gasteiger partial charge in [0.2, 0.25) is 5.91 Å². The van der Waals surface area contributed by atoms with E-state index >= 15 is 4.39 Å². The van der Waals surface area contributed by atoms with Crippen LogP contribution in [0.3, 0.4) is 0 Å². The molecule has 11 nitrogen and oxygen atoms in total. The SMILES string of the molecule is N[C@H](C(=O)Nc1cncc(F)c1CC[C@@H]1CN[C@H](COC(=O)NCC2CCS(O)(O)C2)CO1)C(c1ccc(F)cc1)c1ccc(F)cc1. The van der Waals surface area contributed by atoms with Gasteiger partial charge in [0.05, 0.1) is 42.9 Å². The molecule has 4 atom stereocenters. The van der Waals surface area contributed by atoms with E-state index in [0.717, 1.165) is 6.20 Å². The van der Waals surface area contributed by atoms with Crippen molar-refractivity contribution < 1.29 is 41.3 Å². The molecule has 3 heterocycles. The number of aromatic nitrogens is 1. The molecule has 2 saturated heterocycles. The van der Waals surface area contributed by atoms with Gasteiger partial charge in [0, 0.05) is 36.1 Å². The molecule has 2 aliphatic rings. The minimum atomic E-state index is -2.52. The summed E-state index contributed by atoms with van der Waals surface area (Å²) in [5.74, 6) is -2.28. The van der Waals surface area contributed by atoms with E-state index in [1.165, 1.54) is 54.7 Å². The van der Waals surface area contributed by atoms with Gasteiger partial charge in [-0.2, -0.15) is 10.6 Å². The van der Waals surface area contributed by atoms with Crippen LogP contribution in [0.25, 0.3) is 0 Å².